The SMILES string of the molecule is CO[C@@H]1[C@H](N(O)C=O)C[C@H]2O[C@]1(C)n1c3ccccc3c3c4c(c5c6ccccc6n2c5c31)C(=O)NC4. The lowest BCUT2D eigenvalue weighted by Crippen LogP contribution is -2.60. The zero-order valence-corrected chi connectivity index (χ0v) is 20.3. The second-order valence-corrected chi connectivity index (χ2v) is 10.3. The third-order valence-corrected chi connectivity index (χ3v) is 8.64. The number of nitrogens with zero attached hydrogens (tertiary/aromatic N) is 3. The summed E-state index contributed by atoms with van der Waals surface area (Å²) in [5.41, 5.74) is 4.36. The van der Waals surface area contributed by atoms with Crippen LogP contribution < -0.4 is 5.32 Å². The lowest BCUT2D eigenvalue weighted by atomic mass is 9.92. The van der Waals surface area contributed by atoms with Gasteiger partial charge in [-0.1, -0.05) is 36.4 Å². The van der Waals surface area contributed by atoms with E-state index in [1.165, 1.54) is 0 Å². The van der Waals surface area contributed by atoms with Gasteiger partial charge in [-0.25, -0.2) is 5.06 Å². The molecule has 0 radical (unpaired) electrons. The highest BCUT2D eigenvalue weighted by Gasteiger charge is 2.54. The Hall–Kier alpha value is -3.92. The predicted octanol–water partition coefficient (Wildman–Crippen LogP) is 3.98. The number of amides is 2. The minimum absolute atomic E-state index is 0.0777. The lowest BCUT2D eigenvalue weighted by Gasteiger charge is -2.49. The van der Waals surface area contributed by atoms with E-state index < -0.39 is 24.1 Å². The number of ether oxygens (including phenoxy) is 2. The fourth-order valence-electron chi connectivity index (χ4n) is 7.36. The molecule has 2 N–H and O–H groups in total. The van der Waals surface area contributed by atoms with Crippen molar-refractivity contribution in [2.45, 2.75) is 44.0 Å². The van der Waals surface area contributed by atoms with Gasteiger partial charge in [0.2, 0.25) is 6.41 Å². The third kappa shape index (κ3) is 2.31. The summed E-state index contributed by atoms with van der Waals surface area (Å²) < 4.78 is 17.3. The number of nitrogens with one attached hydrogen (secondary N) is 1. The number of carbonyl (C=O) groups excluding carboxylic acids is 2. The molecule has 1 saturated heterocycles. The normalized spacial score (nSPS) is 26.2. The van der Waals surface area contributed by atoms with E-state index in [1.807, 2.05) is 49.4 Å². The molecule has 3 aliphatic rings. The number of para-hydroxylation sites is 2. The van der Waals surface area contributed by atoms with Crippen molar-refractivity contribution in [2.75, 3.05) is 7.11 Å². The van der Waals surface area contributed by atoms with Crippen molar-refractivity contribution < 1.29 is 24.3 Å². The van der Waals surface area contributed by atoms with E-state index in [4.69, 9.17) is 9.47 Å². The van der Waals surface area contributed by atoms with Gasteiger partial charge in [-0.05, 0) is 24.6 Å². The van der Waals surface area contributed by atoms with E-state index >= 15 is 0 Å². The van der Waals surface area contributed by atoms with Gasteiger partial charge in [0.25, 0.3) is 5.91 Å². The van der Waals surface area contributed by atoms with Crippen LogP contribution in [0.2, 0.25) is 0 Å². The average molecular weight is 497 g/mol. The number of methoxy groups -OCH3 is 1. The summed E-state index contributed by atoms with van der Waals surface area (Å²) in [5, 5.41) is 18.4. The summed E-state index contributed by atoms with van der Waals surface area (Å²) in [5.74, 6) is -0.0777. The monoisotopic (exact) mass is 496 g/mol. The molecule has 2 amide bonds. The summed E-state index contributed by atoms with van der Waals surface area (Å²) in [6, 6.07) is 15.5. The third-order valence-electron chi connectivity index (χ3n) is 8.64. The molecule has 0 saturated carbocycles. The Morgan fingerprint density at radius 2 is 1.81 bits per heavy atom. The Morgan fingerprint density at radius 3 is 2.54 bits per heavy atom. The van der Waals surface area contributed by atoms with Gasteiger partial charge in [0.1, 0.15) is 12.3 Å². The first kappa shape index (κ1) is 21.2. The summed E-state index contributed by atoms with van der Waals surface area (Å²) in [7, 11) is 1.58. The fraction of sp³-hybridized carbons (Fsp3) is 0.286. The van der Waals surface area contributed by atoms with Crippen LogP contribution in [0.15, 0.2) is 48.5 Å². The highest BCUT2D eigenvalue weighted by Crippen LogP contribution is 2.54. The number of hydrogen-bond acceptors (Lipinski definition) is 5. The van der Waals surface area contributed by atoms with Crippen LogP contribution in [-0.2, 0) is 26.5 Å². The molecule has 9 nitrogen and oxygen atoms in total. The van der Waals surface area contributed by atoms with Gasteiger partial charge in [-0.2, -0.15) is 0 Å². The molecule has 37 heavy (non-hydrogen) atoms. The highest BCUT2D eigenvalue weighted by molar-refractivity contribution is 6.31. The zero-order valence-electron chi connectivity index (χ0n) is 20.3. The minimum atomic E-state index is -1.08. The van der Waals surface area contributed by atoms with E-state index in [1.54, 1.807) is 7.11 Å². The number of benzene rings is 3. The van der Waals surface area contributed by atoms with Gasteiger partial charge in [0.05, 0.1) is 33.7 Å². The molecule has 5 aromatic rings. The van der Waals surface area contributed by atoms with E-state index in [0.29, 0.717) is 30.0 Å². The van der Waals surface area contributed by atoms with Crippen LogP contribution in [-0.4, -0.2) is 51.0 Å². The first-order valence-corrected chi connectivity index (χ1v) is 12.4. The van der Waals surface area contributed by atoms with Crippen molar-refractivity contribution >= 4 is 55.9 Å². The average Bonchev–Trinajstić information content (AvgIpc) is 3.55. The molecule has 5 heterocycles. The molecular weight excluding hydrogens is 472 g/mol. The molecule has 186 valence electrons. The van der Waals surface area contributed by atoms with Crippen LogP contribution in [0.3, 0.4) is 0 Å². The van der Waals surface area contributed by atoms with Crippen LogP contribution in [0.1, 0.15) is 35.5 Å². The number of hydroxylamine groups is 2. The van der Waals surface area contributed by atoms with Crippen molar-refractivity contribution in [1.82, 2.24) is 19.5 Å². The second kappa shape index (κ2) is 6.89. The zero-order chi connectivity index (χ0) is 25.2. The van der Waals surface area contributed by atoms with Crippen LogP contribution in [0.4, 0.5) is 0 Å². The smallest absolute Gasteiger partial charge is 0.252 e. The number of hydrogen-bond donors (Lipinski definition) is 2. The topological polar surface area (TPSA) is 98.0 Å². The Balaban J connectivity index is 1.68. The van der Waals surface area contributed by atoms with Crippen LogP contribution in [0, 0.1) is 0 Å². The van der Waals surface area contributed by atoms with Gasteiger partial charge in [-0.3, -0.25) is 14.8 Å². The van der Waals surface area contributed by atoms with E-state index in [0.717, 1.165) is 49.2 Å². The Labute approximate surface area is 210 Å². The highest BCUT2D eigenvalue weighted by atomic mass is 16.6. The first-order valence-electron chi connectivity index (χ1n) is 12.4. The molecule has 8 rings (SSSR count). The molecule has 2 bridgehead atoms. The lowest BCUT2D eigenvalue weighted by molar-refractivity contribution is -0.289. The van der Waals surface area contributed by atoms with Crippen LogP contribution >= 0.6 is 0 Å². The largest absolute Gasteiger partial charge is 0.374 e. The van der Waals surface area contributed by atoms with E-state index in [2.05, 4.69) is 20.5 Å². The van der Waals surface area contributed by atoms with Gasteiger partial charge in [-0.15, -0.1) is 0 Å². The Kier molecular flexibility index (Phi) is 3.94. The van der Waals surface area contributed by atoms with Crippen molar-refractivity contribution in [1.29, 1.82) is 0 Å². The number of carbonyl (C=O) groups is 2. The number of fused-ring (bicyclic) bond motifs is 13. The molecule has 2 aromatic heterocycles. The summed E-state index contributed by atoms with van der Waals surface area (Å²) in [6.45, 7) is 2.41. The van der Waals surface area contributed by atoms with Crippen molar-refractivity contribution in [3.63, 3.8) is 0 Å². The predicted molar refractivity (Wildman–Crippen MR) is 136 cm³/mol. The van der Waals surface area contributed by atoms with E-state index in [9.17, 15) is 14.8 Å². The summed E-state index contributed by atoms with van der Waals surface area (Å²) in [6.07, 6.45) is -0.458. The minimum Gasteiger partial charge on any atom is -0.374 e. The molecule has 1 fully saturated rings. The molecule has 0 aliphatic carbocycles. The van der Waals surface area contributed by atoms with Crippen LogP contribution in [0.25, 0.3) is 43.6 Å². The summed E-state index contributed by atoms with van der Waals surface area (Å²) >= 11 is 0. The Bertz CT molecular complexity index is 1840. The molecular formula is C28H24N4O5. The van der Waals surface area contributed by atoms with Gasteiger partial charge < -0.3 is 23.9 Å². The maximum Gasteiger partial charge on any atom is 0.252 e. The van der Waals surface area contributed by atoms with Crippen molar-refractivity contribution in [3.05, 3.63) is 59.7 Å². The fourth-order valence-corrected chi connectivity index (χ4v) is 7.36. The molecule has 3 aliphatic heterocycles. The number of aromatic nitrogens is 2. The quantitative estimate of drug-likeness (QED) is 0.224. The maximum atomic E-state index is 13.3. The van der Waals surface area contributed by atoms with Gasteiger partial charge in [0, 0.05) is 41.6 Å². The molecule has 0 spiro atoms. The number of rotatable bonds is 3. The maximum absolute atomic E-state index is 13.3. The first-order chi connectivity index (χ1) is 18.0. The molecule has 9 heteroatoms. The standard InChI is InChI=1S/C28H24N4O5/c1-28-26(36-2)19(30(35)13-33)11-20(37-28)31-17-9-5-3-7-14(17)22-23-16(12-29-27(23)34)21-15-8-4-6-10-18(15)32(28)25(21)24(22)31/h3-10,13,19-20,26,35H,11-12H2,1-2H3,(H,29,34)/t19-,20-,26-,28+/m1/s1. The van der Waals surface area contributed by atoms with Crippen molar-refractivity contribution in [3.8, 4) is 0 Å². The van der Waals surface area contributed by atoms with Gasteiger partial charge >= 0.3 is 0 Å². The van der Waals surface area contributed by atoms with E-state index in [-0.39, 0.29) is 5.91 Å². The Morgan fingerprint density at radius 1 is 1.11 bits per heavy atom. The summed E-state index contributed by atoms with van der Waals surface area (Å²) in [4.78, 5) is 25.1. The molecule has 0 unspecified atom stereocenters. The van der Waals surface area contributed by atoms with Crippen LogP contribution in [0.5, 0.6) is 0 Å². The molecule has 3 aromatic carbocycles. The second-order valence-electron chi connectivity index (χ2n) is 10.3. The van der Waals surface area contributed by atoms with Crippen molar-refractivity contribution in [2.24, 2.45) is 0 Å². The molecule has 4 atom stereocenters. The van der Waals surface area contributed by atoms with Gasteiger partial charge in [0.15, 0.2) is 5.72 Å².